The van der Waals surface area contributed by atoms with Crippen LogP contribution in [0.1, 0.15) is 19.8 Å². The SMILES string of the molecule is COc1ccc(OCCCC(=O)NC(C)CN2CCN(c3ccccn3)CC2)cc1. The Bertz CT molecular complexity index is 762. The number of methoxy groups -OCH3 is 1. The van der Waals surface area contributed by atoms with Gasteiger partial charge in [0.1, 0.15) is 17.3 Å². The van der Waals surface area contributed by atoms with E-state index in [1.54, 1.807) is 7.11 Å². The van der Waals surface area contributed by atoms with Crippen molar-refractivity contribution in [2.75, 3.05) is 51.3 Å². The second kappa shape index (κ2) is 11.4. The maximum Gasteiger partial charge on any atom is 0.220 e. The van der Waals surface area contributed by atoms with Gasteiger partial charge in [0.05, 0.1) is 13.7 Å². The van der Waals surface area contributed by atoms with E-state index in [1.165, 1.54) is 0 Å². The van der Waals surface area contributed by atoms with Crippen LogP contribution in [0, 0.1) is 0 Å². The highest BCUT2D eigenvalue weighted by Gasteiger charge is 2.19. The molecule has 2 heterocycles. The molecule has 1 saturated heterocycles. The summed E-state index contributed by atoms with van der Waals surface area (Å²) in [6.45, 7) is 7.32. The average Bonchev–Trinajstić information content (AvgIpc) is 2.78. The van der Waals surface area contributed by atoms with E-state index >= 15 is 0 Å². The monoisotopic (exact) mass is 412 g/mol. The second-order valence-corrected chi connectivity index (χ2v) is 7.57. The van der Waals surface area contributed by atoms with Crippen molar-refractivity contribution in [3.05, 3.63) is 48.7 Å². The van der Waals surface area contributed by atoms with Crippen molar-refractivity contribution < 1.29 is 14.3 Å². The fraction of sp³-hybridized carbons (Fsp3) is 0.478. The number of aromatic nitrogens is 1. The maximum atomic E-state index is 12.2. The number of benzene rings is 1. The molecule has 0 bridgehead atoms. The van der Waals surface area contributed by atoms with Gasteiger partial charge in [-0.3, -0.25) is 9.69 Å². The van der Waals surface area contributed by atoms with Gasteiger partial charge in [0.15, 0.2) is 0 Å². The summed E-state index contributed by atoms with van der Waals surface area (Å²) in [7, 11) is 1.64. The molecule has 1 aliphatic rings. The van der Waals surface area contributed by atoms with Crippen molar-refractivity contribution in [1.29, 1.82) is 0 Å². The number of nitrogens with zero attached hydrogens (tertiary/aromatic N) is 3. The van der Waals surface area contributed by atoms with E-state index in [9.17, 15) is 4.79 Å². The minimum atomic E-state index is 0.0768. The van der Waals surface area contributed by atoms with E-state index in [-0.39, 0.29) is 11.9 Å². The number of anilines is 1. The molecule has 0 saturated carbocycles. The quantitative estimate of drug-likeness (QED) is 0.605. The van der Waals surface area contributed by atoms with Gasteiger partial charge >= 0.3 is 0 Å². The lowest BCUT2D eigenvalue weighted by Gasteiger charge is -2.36. The lowest BCUT2D eigenvalue weighted by atomic mass is 10.2. The van der Waals surface area contributed by atoms with Crippen molar-refractivity contribution in [3.8, 4) is 11.5 Å². The molecule has 0 spiro atoms. The Balaban J connectivity index is 1.28. The average molecular weight is 413 g/mol. The molecular formula is C23H32N4O3. The lowest BCUT2D eigenvalue weighted by Crippen LogP contribution is -2.51. The molecule has 2 aromatic rings. The normalized spacial score (nSPS) is 15.5. The van der Waals surface area contributed by atoms with Gasteiger partial charge in [0.2, 0.25) is 5.91 Å². The number of hydrogen-bond donors (Lipinski definition) is 1. The molecule has 1 fully saturated rings. The predicted octanol–water partition coefficient (Wildman–Crippen LogP) is 2.58. The van der Waals surface area contributed by atoms with Crippen LogP contribution in [0.5, 0.6) is 11.5 Å². The van der Waals surface area contributed by atoms with E-state index in [4.69, 9.17) is 9.47 Å². The molecule has 3 rings (SSSR count). The van der Waals surface area contributed by atoms with Crippen LogP contribution in [0.4, 0.5) is 5.82 Å². The third-order valence-corrected chi connectivity index (χ3v) is 5.16. The van der Waals surface area contributed by atoms with Crippen LogP contribution in [-0.4, -0.2) is 68.3 Å². The van der Waals surface area contributed by atoms with Gasteiger partial charge in [0.25, 0.3) is 0 Å². The highest BCUT2D eigenvalue weighted by Crippen LogP contribution is 2.17. The molecule has 1 N–H and O–H groups in total. The number of piperazine rings is 1. The number of carbonyl (C=O) groups excluding carboxylic acids is 1. The number of ether oxygens (including phenoxy) is 2. The first-order chi connectivity index (χ1) is 14.6. The fourth-order valence-corrected chi connectivity index (χ4v) is 3.57. The van der Waals surface area contributed by atoms with Crippen molar-refractivity contribution >= 4 is 11.7 Å². The molecule has 7 heteroatoms. The van der Waals surface area contributed by atoms with Gasteiger partial charge in [-0.05, 0) is 49.7 Å². The first kappa shape index (κ1) is 21.9. The Hall–Kier alpha value is -2.80. The zero-order valence-corrected chi connectivity index (χ0v) is 17.9. The summed E-state index contributed by atoms with van der Waals surface area (Å²) in [4.78, 5) is 21.3. The number of carbonyl (C=O) groups is 1. The summed E-state index contributed by atoms with van der Waals surface area (Å²) in [6, 6.07) is 13.6. The van der Waals surface area contributed by atoms with Gasteiger partial charge in [-0.1, -0.05) is 6.07 Å². The van der Waals surface area contributed by atoms with Gasteiger partial charge in [-0.25, -0.2) is 4.98 Å². The number of amides is 1. The van der Waals surface area contributed by atoms with E-state index in [0.29, 0.717) is 19.4 Å². The summed E-state index contributed by atoms with van der Waals surface area (Å²) < 4.78 is 10.8. The molecule has 1 aliphatic heterocycles. The van der Waals surface area contributed by atoms with Gasteiger partial charge in [0, 0.05) is 51.4 Å². The van der Waals surface area contributed by atoms with Crippen LogP contribution in [0.3, 0.4) is 0 Å². The van der Waals surface area contributed by atoms with Crippen LogP contribution in [0.25, 0.3) is 0 Å². The van der Waals surface area contributed by atoms with Crippen molar-refractivity contribution in [2.45, 2.75) is 25.8 Å². The van der Waals surface area contributed by atoms with Crippen LogP contribution < -0.4 is 19.7 Å². The third kappa shape index (κ3) is 6.91. The van der Waals surface area contributed by atoms with Crippen LogP contribution >= 0.6 is 0 Å². The van der Waals surface area contributed by atoms with Gasteiger partial charge < -0.3 is 19.7 Å². The van der Waals surface area contributed by atoms with Gasteiger partial charge in [-0.15, -0.1) is 0 Å². The summed E-state index contributed by atoms with van der Waals surface area (Å²) in [5.41, 5.74) is 0. The standard InChI is InChI=1S/C23H32N4O3/c1-19(18-26-13-15-27(16-14-26)22-6-3-4-12-24-22)25-23(28)7-5-17-30-21-10-8-20(29-2)9-11-21/h3-4,6,8-12,19H,5,7,13-18H2,1-2H3,(H,25,28). The third-order valence-electron chi connectivity index (χ3n) is 5.16. The Morgan fingerprint density at radius 3 is 2.50 bits per heavy atom. The number of pyridine rings is 1. The topological polar surface area (TPSA) is 66.9 Å². The zero-order valence-electron chi connectivity index (χ0n) is 17.9. The predicted molar refractivity (Wildman–Crippen MR) is 118 cm³/mol. The lowest BCUT2D eigenvalue weighted by molar-refractivity contribution is -0.122. The van der Waals surface area contributed by atoms with Crippen LogP contribution in [0.2, 0.25) is 0 Å². The highest BCUT2D eigenvalue weighted by molar-refractivity contribution is 5.76. The fourth-order valence-electron chi connectivity index (χ4n) is 3.57. The molecule has 7 nitrogen and oxygen atoms in total. The Kier molecular flexibility index (Phi) is 8.32. The molecule has 1 aromatic heterocycles. The van der Waals surface area contributed by atoms with Crippen molar-refractivity contribution in [2.24, 2.45) is 0 Å². The van der Waals surface area contributed by atoms with Crippen molar-refractivity contribution in [3.63, 3.8) is 0 Å². The number of nitrogens with one attached hydrogen (secondary N) is 1. The van der Waals surface area contributed by atoms with E-state index in [0.717, 1.165) is 50.0 Å². The molecule has 1 unspecified atom stereocenters. The summed E-state index contributed by atoms with van der Waals surface area (Å²) in [5, 5.41) is 3.11. The van der Waals surface area contributed by atoms with Crippen LogP contribution in [0.15, 0.2) is 48.7 Å². The second-order valence-electron chi connectivity index (χ2n) is 7.57. The maximum absolute atomic E-state index is 12.2. The number of rotatable bonds is 10. The summed E-state index contributed by atoms with van der Waals surface area (Å²) in [5.74, 6) is 2.70. The van der Waals surface area contributed by atoms with E-state index in [1.807, 2.05) is 42.6 Å². The van der Waals surface area contributed by atoms with Gasteiger partial charge in [-0.2, -0.15) is 0 Å². The molecule has 1 amide bonds. The summed E-state index contributed by atoms with van der Waals surface area (Å²) >= 11 is 0. The van der Waals surface area contributed by atoms with Crippen LogP contribution in [-0.2, 0) is 4.79 Å². The first-order valence-electron chi connectivity index (χ1n) is 10.6. The molecule has 1 aromatic carbocycles. The zero-order chi connectivity index (χ0) is 21.2. The minimum Gasteiger partial charge on any atom is -0.497 e. The molecule has 30 heavy (non-hydrogen) atoms. The number of hydrogen-bond acceptors (Lipinski definition) is 6. The Morgan fingerprint density at radius 1 is 1.10 bits per heavy atom. The first-order valence-corrected chi connectivity index (χ1v) is 10.6. The highest BCUT2D eigenvalue weighted by atomic mass is 16.5. The Labute approximate surface area is 179 Å². The molecule has 0 radical (unpaired) electrons. The van der Waals surface area contributed by atoms with E-state index in [2.05, 4.69) is 33.1 Å². The Morgan fingerprint density at radius 2 is 1.83 bits per heavy atom. The smallest absolute Gasteiger partial charge is 0.220 e. The molecule has 1 atom stereocenters. The molecule has 0 aliphatic carbocycles. The largest absolute Gasteiger partial charge is 0.497 e. The van der Waals surface area contributed by atoms with E-state index < -0.39 is 0 Å². The molecule has 162 valence electrons. The minimum absolute atomic E-state index is 0.0768. The van der Waals surface area contributed by atoms with Crippen molar-refractivity contribution in [1.82, 2.24) is 15.2 Å². The molecular weight excluding hydrogens is 380 g/mol. The summed E-state index contributed by atoms with van der Waals surface area (Å²) in [6.07, 6.45) is 2.99.